The minimum absolute atomic E-state index is 0.450. The molecule has 0 radical (unpaired) electrons. The molecule has 1 atom stereocenters. The van der Waals surface area contributed by atoms with Crippen LogP contribution in [0.2, 0.25) is 0 Å². The summed E-state index contributed by atoms with van der Waals surface area (Å²) >= 11 is 0. The van der Waals surface area contributed by atoms with E-state index in [9.17, 15) is 5.11 Å². The van der Waals surface area contributed by atoms with Crippen LogP contribution in [0.1, 0.15) is 33.9 Å². The fraction of sp³-hybridized carbons (Fsp3) is 0.400. The molecule has 0 heterocycles. The molecular formula is C20H28NO+. The summed E-state index contributed by atoms with van der Waals surface area (Å²) in [6.07, 6.45) is 0.218. The molecule has 2 aromatic carbocycles. The third kappa shape index (κ3) is 4.43. The van der Waals surface area contributed by atoms with Crippen LogP contribution in [-0.2, 0) is 13.0 Å². The zero-order valence-corrected chi connectivity index (χ0v) is 14.4. The van der Waals surface area contributed by atoms with Crippen LogP contribution >= 0.6 is 0 Å². The number of rotatable bonds is 5. The first-order valence-corrected chi connectivity index (χ1v) is 7.89. The highest BCUT2D eigenvalue weighted by Gasteiger charge is 2.18. The van der Waals surface area contributed by atoms with E-state index in [1.807, 2.05) is 30.3 Å². The van der Waals surface area contributed by atoms with E-state index in [0.29, 0.717) is 6.42 Å². The summed E-state index contributed by atoms with van der Waals surface area (Å²) in [6, 6.07) is 14.4. The Labute approximate surface area is 134 Å². The Morgan fingerprint density at radius 1 is 1.00 bits per heavy atom. The molecule has 118 valence electrons. The molecule has 0 saturated heterocycles. The van der Waals surface area contributed by atoms with Crippen LogP contribution in [0, 0.1) is 13.8 Å². The number of hydrogen-bond donors (Lipinski definition) is 1. The number of quaternary nitrogens is 1. The molecule has 0 aliphatic heterocycles. The molecule has 22 heavy (non-hydrogen) atoms. The van der Waals surface area contributed by atoms with Crippen LogP contribution in [0.4, 0.5) is 0 Å². The van der Waals surface area contributed by atoms with Crippen molar-refractivity contribution in [3.8, 4) is 0 Å². The van der Waals surface area contributed by atoms with Crippen molar-refractivity contribution < 1.29 is 9.59 Å². The minimum Gasteiger partial charge on any atom is -0.388 e. The minimum atomic E-state index is -0.450. The van der Waals surface area contributed by atoms with Gasteiger partial charge in [-0.05, 0) is 30.5 Å². The lowest BCUT2D eigenvalue weighted by Crippen LogP contribution is -2.34. The van der Waals surface area contributed by atoms with E-state index in [1.54, 1.807) is 0 Å². The molecule has 0 aliphatic rings. The van der Waals surface area contributed by atoms with E-state index in [2.05, 4.69) is 47.1 Å². The highest BCUT2D eigenvalue weighted by molar-refractivity contribution is 5.39. The Kier molecular flexibility index (Phi) is 5.05. The average molecular weight is 298 g/mol. The molecule has 0 saturated carbocycles. The standard InChI is InChI=1S/C20H28NO/c1-15-11-16(2)19(14-21(3,4)5)18(12-15)13-20(22)17-9-7-6-8-10-17/h6-12,20,22H,13-14H2,1-5H3/q+1. The summed E-state index contributed by atoms with van der Waals surface area (Å²) in [7, 11) is 6.62. The quantitative estimate of drug-likeness (QED) is 0.833. The van der Waals surface area contributed by atoms with Gasteiger partial charge in [0.1, 0.15) is 6.54 Å². The van der Waals surface area contributed by atoms with Crippen molar-refractivity contribution in [1.29, 1.82) is 0 Å². The first-order chi connectivity index (χ1) is 10.3. The lowest BCUT2D eigenvalue weighted by molar-refractivity contribution is -0.884. The maximum atomic E-state index is 10.6. The summed E-state index contributed by atoms with van der Waals surface area (Å²) in [6.45, 7) is 5.28. The van der Waals surface area contributed by atoms with Crippen molar-refractivity contribution in [3.05, 3.63) is 70.3 Å². The van der Waals surface area contributed by atoms with Gasteiger partial charge in [0.05, 0.1) is 27.2 Å². The predicted octanol–water partition coefficient (Wildman–Crippen LogP) is 3.79. The van der Waals surface area contributed by atoms with Gasteiger partial charge in [-0.2, -0.15) is 0 Å². The Bertz CT molecular complexity index is 626. The average Bonchev–Trinajstić information content (AvgIpc) is 2.42. The summed E-state index contributed by atoms with van der Waals surface area (Å²) in [4.78, 5) is 0. The molecule has 2 nitrogen and oxygen atoms in total. The lowest BCUT2D eigenvalue weighted by atomic mass is 9.92. The summed E-state index contributed by atoms with van der Waals surface area (Å²) in [5.41, 5.74) is 6.20. The van der Waals surface area contributed by atoms with Crippen LogP contribution in [-0.4, -0.2) is 30.7 Å². The van der Waals surface area contributed by atoms with Crippen LogP contribution in [0.25, 0.3) is 0 Å². The highest BCUT2D eigenvalue weighted by atomic mass is 16.3. The van der Waals surface area contributed by atoms with E-state index in [1.165, 1.54) is 22.3 Å². The van der Waals surface area contributed by atoms with Gasteiger partial charge in [-0.25, -0.2) is 0 Å². The van der Waals surface area contributed by atoms with E-state index in [0.717, 1.165) is 16.6 Å². The van der Waals surface area contributed by atoms with Gasteiger partial charge in [0.2, 0.25) is 0 Å². The van der Waals surface area contributed by atoms with Gasteiger partial charge in [-0.3, -0.25) is 0 Å². The molecule has 0 amide bonds. The van der Waals surface area contributed by atoms with Crippen molar-refractivity contribution in [2.24, 2.45) is 0 Å². The van der Waals surface area contributed by atoms with Crippen LogP contribution in [0.15, 0.2) is 42.5 Å². The van der Waals surface area contributed by atoms with Crippen molar-refractivity contribution in [2.75, 3.05) is 21.1 Å². The number of benzene rings is 2. The molecule has 0 spiro atoms. The molecule has 0 bridgehead atoms. The zero-order chi connectivity index (χ0) is 16.3. The topological polar surface area (TPSA) is 20.2 Å². The zero-order valence-electron chi connectivity index (χ0n) is 14.4. The normalized spacial score (nSPS) is 13.2. The maximum Gasteiger partial charge on any atom is 0.104 e. The molecule has 2 aromatic rings. The van der Waals surface area contributed by atoms with Crippen LogP contribution < -0.4 is 0 Å². The summed E-state index contributed by atoms with van der Waals surface area (Å²) in [5.74, 6) is 0. The van der Waals surface area contributed by atoms with E-state index >= 15 is 0 Å². The Balaban J connectivity index is 2.33. The monoisotopic (exact) mass is 298 g/mol. The van der Waals surface area contributed by atoms with E-state index in [-0.39, 0.29) is 0 Å². The van der Waals surface area contributed by atoms with Crippen molar-refractivity contribution >= 4 is 0 Å². The van der Waals surface area contributed by atoms with Gasteiger partial charge >= 0.3 is 0 Å². The Morgan fingerprint density at radius 3 is 2.23 bits per heavy atom. The fourth-order valence-electron chi connectivity index (χ4n) is 2.97. The molecule has 1 N–H and O–H groups in total. The molecule has 0 aromatic heterocycles. The van der Waals surface area contributed by atoms with Gasteiger partial charge in [-0.15, -0.1) is 0 Å². The van der Waals surface area contributed by atoms with Crippen molar-refractivity contribution in [1.82, 2.24) is 0 Å². The maximum absolute atomic E-state index is 10.6. The Morgan fingerprint density at radius 2 is 1.64 bits per heavy atom. The Hall–Kier alpha value is -1.64. The molecule has 0 fully saturated rings. The molecule has 2 heteroatoms. The van der Waals surface area contributed by atoms with Gasteiger partial charge in [0.25, 0.3) is 0 Å². The van der Waals surface area contributed by atoms with Crippen LogP contribution in [0.3, 0.4) is 0 Å². The number of hydrogen-bond acceptors (Lipinski definition) is 1. The first kappa shape index (κ1) is 16.7. The largest absolute Gasteiger partial charge is 0.388 e. The molecular weight excluding hydrogens is 270 g/mol. The number of aliphatic hydroxyl groups excluding tert-OH is 1. The van der Waals surface area contributed by atoms with E-state index in [4.69, 9.17) is 0 Å². The fourth-order valence-corrected chi connectivity index (χ4v) is 2.97. The van der Waals surface area contributed by atoms with E-state index < -0.39 is 6.10 Å². The SMILES string of the molecule is Cc1cc(C)c(C[N+](C)(C)C)c(CC(O)c2ccccc2)c1. The second-order valence-corrected chi connectivity index (χ2v) is 7.30. The van der Waals surface area contributed by atoms with Gasteiger partial charge < -0.3 is 9.59 Å². The molecule has 0 aliphatic carbocycles. The van der Waals surface area contributed by atoms with Crippen LogP contribution in [0.5, 0.6) is 0 Å². The summed E-state index contributed by atoms with van der Waals surface area (Å²) < 4.78 is 0.887. The molecule has 2 rings (SSSR count). The predicted molar refractivity (Wildman–Crippen MR) is 92.8 cm³/mol. The molecule has 1 unspecified atom stereocenters. The van der Waals surface area contributed by atoms with Gasteiger partial charge in [0.15, 0.2) is 0 Å². The third-order valence-electron chi connectivity index (χ3n) is 3.94. The lowest BCUT2D eigenvalue weighted by Gasteiger charge is -2.27. The number of nitrogens with zero attached hydrogens (tertiary/aromatic N) is 1. The smallest absolute Gasteiger partial charge is 0.104 e. The van der Waals surface area contributed by atoms with Crippen molar-refractivity contribution in [3.63, 3.8) is 0 Å². The summed E-state index contributed by atoms with van der Waals surface area (Å²) in [5, 5.41) is 10.6. The third-order valence-corrected chi connectivity index (χ3v) is 3.94. The number of aliphatic hydroxyl groups is 1. The first-order valence-electron chi connectivity index (χ1n) is 7.89. The number of aryl methyl sites for hydroxylation is 2. The second-order valence-electron chi connectivity index (χ2n) is 7.30. The van der Waals surface area contributed by atoms with Gasteiger partial charge in [0, 0.05) is 12.0 Å². The van der Waals surface area contributed by atoms with Crippen molar-refractivity contribution in [2.45, 2.75) is 32.9 Å². The van der Waals surface area contributed by atoms with Gasteiger partial charge in [-0.1, -0.05) is 48.0 Å². The second kappa shape index (κ2) is 6.64. The highest BCUT2D eigenvalue weighted by Crippen LogP contribution is 2.25.